The molecule has 24 heavy (non-hydrogen) atoms. The Bertz CT molecular complexity index is 807. The van der Waals surface area contributed by atoms with Crippen LogP contribution in [-0.2, 0) is 24.8 Å². The second kappa shape index (κ2) is 7.74. The Kier molecular flexibility index (Phi) is 5.93. The van der Waals surface area contributed by atoms with Crippen molar-refractivity contribution in [1.82, 2.24) is 10.0 Å². The molecule has 0 radical (unpaired) electrons. The predicted molar refractivity (Wildman–Crippen MR) is 95.5 cm³/mol. The molecule has 0 bridgehead atoms. The van der Waals surface area contributed by atoms with Crippen molar-refractivity contribution < 1.29 is 18.9 Å². The van der Waals surface area contributed by atoms with Gasteiger partial charge >= 0.3 is 0 Å². The second-order valence-corrected chi connectivity index (χ2v) is 8.36. The van der Waals surface area contributed by atoms with Gasteiger partial charge in [0.25, 0.3) is 0 Å². The first-order chi connectivity index (χ1) is 11.4. The normalized spacial score (nSPS) is 16.3. The predicted octanol–water partition coefficient (Wildman–Crippen LogP) is 1.70. The van der Waals surface area contributed by atoms with E-state index in [9.17, 15) is 14.2 Å². The number of methoxy groups -OCH3 is 1. The number of carbonyl (C=O) groups excluding carboxylic acids is 1. The summed E-state index contributed by atoms with van der Waals surface area (Å²) in [5, 5.41) is 11.2. The molecule has 3 atom stereocenters. The zero-order valence-corrected chi connectivity index (χ0v) is 14.6. The summed E-state index contributed by atoms with van der Waals surface area (Å²) in [4.78, 5) is 15.2. The van der Waals surface area contributed by atoms with Gasteiger partial charge in [0.05, 0.1) is 17.7 Å². The molecule has 0 saturated carbocycles. The maximum absolute atomic E-state index is 12.9. The highest BCUT2D eigenvalue weighted by molar-refractivity contribution is 7.99. The lowest BCUT2D eigenvalue weighted by molar-refractivity contribution is -0.168. The molecule has 2 rings (SSSR count). The Morgan fingerprint density at radius 3 is 2.83 bits per heavy atom. The number of hydrogen-bond donors (Lipinski definition) is 1. The zero-order chi connectivity index (χ0) is 17.7. The van der Waals surface area contributed by atoms with Gasteiger partial charge in [0, 0.05) is 30.2 Å². The smallest absolute Gasteiger partial charge is 0.233 e. The van der Waals surface area contributed by atoms with Crippen LogP contribution in [0.4, 0.5) is 0 Å². The van der Waals surface area contributed by atoms with Gasteiger partial charge in [-0.2, -0.15) is 0 Å². The Morgan fingerprint density at radius 1 is 1.46 bits per heavy atom. The van der Waals surface area contributed by atoms with Crippen molar-refractivity contribution in [3.8, 4) is 0 Å². The molecule has 1 aromatic carbocycles. The van der Waals surface area contributed by atoms with Crippen LogP contribution in [-0.4, -0.2) is 56.8 Å². The summed E-state index contributed by atoms with van der Waals surface area (Å²) in [7, 11) is -1.13. The number of benzene rings is 1. The fraction of sp³-hybridized carbons (Fsp3) is 0.353. The van der Waals surface area contributed by atoms with Crippen LogP contribution in [0, 0.1) is 0 Å². The highest BCUT2D eigenvalue weighted by Gasteiger charge is 2.26. The minimum Gasteiger partial charge on any atom is -0.379 e. The number of amides is 1. The number of pyridine rings is 1. The molecule has 2 aromatic rings. The Morgan fingerprint density at radius 2 is 2.17 bits per heavy atom. The van der Waals surface area contributed by atoms with Crippen LogP contribution in [0.2, 0.25) is 0 Å². The fourth-order valence-electron chi connectivity index (χ4n) is 2.53. The van der Waals surface area contributed by atoms with Gasteiger partial charge in [-0.1, -0.05) is 18.2 Å². The third-order valence-electron chi connectivity index (χ3n) is 3.91. The van der Waals surface area contributed by atoms with Gasteiger partial charge in [-0.15, -0.1) is 0 Å². The molecule has 0 aliphatic carbocycles. The Balaban J connectivity index is 2.20. The van der Waals surface area contributed by atoms with Crippen LogP contribution >= 0.6 is 0 Å². The third kappa shape index (κ3) is 4.53. The number of carbonyl (C=O) groups is 1. The number of rotatable bonds is 8. The van der Waals surface area contributed by atoms with E-state index in [1.54, 1.807) is 13.1 Å². The van der Waals surface area contributed by atoms with E-state index in [1.165, 1.54) is 7.11 Å². The van der Waals surface area contributed by atoms with Crippen molar-refractivity contribution in [2.24, 2.45) is 0 Å². The van der Waals surface area contributed by atoms with E-state index in [1.807, 2.05) is 30.3 Å². The lowest BCUT2D eigenvalue weighted by atomic mass is 10.2. The molecule has 0 aliphatic rings. The van der Waals surface area contributed by atoms with E-state index in [0.29, 0.717) is 5.06 Å². The van der Waals surface area contributed by atoms with Crippen molar-refractivity contribution in [2.45, 2.75) is 24.8 Å². The van der Waals surface area contributed by atoms with E-state index in [0.717, 1.165) is 16.5 Å². The minimum atomic E-state index is -2.59. The van der Waals surface area contributed by atoms with Crippen molar-refractivity contribution >= 4 is 32.7 Å². The van der Waals surface area contributed by atoms with Crippen molar-refractivity contribution in [3.05, 3.63) is 42.1 Å². The molecule has 130 valence electrons. The zero-order valence-electron chi connectivity index (χ0n) is 13.8. The van der Waals surface area contributed by atoms with Gasteiger partial charge in [-0.05, 0) is 40.0 Å². The molecule has 0 spiro atoms. The molecular weight excluding hydrogens is 328 g/mol. The first kappa shape index (κ1) is 18.4. The molecule has 1 aromatic heterocycles. The largest absolute Gasteiger partial charge is 0.379 e. The quantitative estimate of drug-likeness (QED) is 0.339. The number of hydrogen-bond acceptors (Lipinski definition) is 5. The molecule has 1 unspecified atom stereocenters. The number of ether oxygens (including phenoxy) is 1. The van der Waals surface area contributed by atoms with E-state index in [-0.39, 0.29) is 17.9 Å². The molecule has 6 nitrogen and oxygen atoms in total. The first-order valence-corrected chi connectivity index (χ1v) is 9.54. The topological polar surface area (TPSA) is 79.7 Å². The molecule has 0 saturated heterocycles. The molecule has 1 amide bonds. The average molecular weight is 350 g/mol. The first-order valence-electron chi connectivity index (χ1n) is 7.48. The van der Waals surface area contributed by atoms with Crippen molar-refractivity contribution in [1.29, 1.82) is 0 Å². The summed E-state index contributed by atoms with van der Waals surface area (Å²) in [6.07, 6.45) is 1.49. The Hall–Kier alpha value is -1.96. The van der Waals surface area contributed by atoms with Crippen LogP contribution in [0.25, 0.3) is 10.9 Å². The lowest BCUT2D eigenvalue weighted by Crippen LogP contribution is -2.45. The van der Waals surface area contributed by atoms with Gasteiger partial charge in [0.1, 0.15) is 0 Å². The lowest BCUT2D eigenvalue weighted by Gasteiger charge is -2.28. The monoisotopic (exact) mass is 350 g/mol. The number of hydroxylamine groups is 2. The maximum Gasteiger partial charge on any atom is 0.233 e. The third-order valence-corrected chi connectivity index (χ3v) is 5.72. The van der Waals surface area contributed by atoms with Crippen LogP contribution < -0.4 is 0 Å². The molecule has 0 fully saturated rings. The van der Waals surface area contributed by atoms with Crippen molar-refractivity contribution in [3.63, 3.8) is 0 Å². The molecule has 7 heteroatoms. The number of para-hydroxylation sites is 1. The summed E-state index contributed by atoms with van der Waals surface area (Å²) in [6.45, 7) is 1.70. The summed E-state index contributed by atoms with van der Waals surface area (Å²) in [6, 6.07) is 8.87. The Labute approximate surface area is 142 Å². The average Bonchev–Trinajstić information content (AvgIpc) is 2.58. The van der Waals surface area contributed by atoms with Crippen LogP contribution in [0.5, 0.6) is 0 Å². The molecular formula is C17H22N2O4S. The van der Waals surface area contributed by atoms with Gasteiger partial charge in [0.2, 0.25) is 6.41 Å². The van der Waals surface area contributed by atoms with Gasteiger partial charge in [-0.3, -0.25) is 19.2 Å². The summed E-state index contributed by atoms with van der Waals surface area (Å²) in [5.41, 5.74) is 1.67. The van der Waals surface area contributed by atoms with E-state index >= 15 is 0 Å². The molecule has 1 heterocycles. The number of nitrogens with zero attached hydrogens (tertiary/aromatic N) is 2. The second-order valence-electron chi connectivity index (χ2n) is 5.81. The number of fused-ring (bicyclic) bond motifs is 1. The SMILES string of the molecule is C=S(=O)(Cc1cnc2ccccc2c1)C[C@H]([C@@H](C)OC)N(O)C=O. The fourth-order valence-corrected chi connectivity index (χ4v) is 4.46. The van der Waals surface area contributed by atoms with Gasteiger partial charge in [-0.25, -0.2) is 5.06 Å². The summed E-state index contributed by atoms with van der Waals surface area (Å²) >= 11 is 0. The van der Waals surface area contributed by atoms with Gasteiger partial charge < -0.3 is 4.74 Å². The standard InChI is InChI=1S/C17H22N2O4S/c1-13(23-2)17(19(21)12-20)11-24(3,22)10-14-8-15-6-4-5-7-16(15)18-9-14/h4-9,12-13,17,21H,3,10-11H2,1-2H3/t13-,17-,24?/m1/s1. The highest BCUT2D eigenvalue weighted by atomic mass is 32.2. The van der Waals surface area contributed by atoms with E-state index < -0.39 is 21.7 Å². The summed E-state index contributed by atoms with van der Waals surface area (Å²) < 4.78 is 18.1. The highest BCUT2D eigenvalue weighted by Crippen LogP contribution is 2.16. The van der Waals surface area contributed by atoms with E-state index in [2.05, 4.69) is 10.9 Å². The molecule has 1 N–H and O–H groups in total. The van der Waals surface area contributed by atoms with Crippen molar-refractivity contribution in [2.75, 3.05) is 12.9 Å². The minimum absolute atomic E-state index is 0.0318. The van der Waals surface area contributed by atoms with E-state index in [4.69, 9.17) is 4.74 Å². The summed E-state index contributed by atoms with van der Waals surface area (Å²) in [5.74, 6) is 4.05. The van der Waals surface area contributed by atoms with Gasteiger partial charge in [0.15, 0.2) is 0 Å². The molecule has 0 aliphatic heterocycles. The maximum atomic E-state index is 12.9. The van der Waals surface area contributed by atoms with Crippen LogP contribution in [0.1, 0.15) is 12.5 Å². The number of aromatic nitrogens is 1. The van der Waals surface area contributed by atoms with Crippen LogP contribution in [0.3, 0.4) is 0 Å². The van der Waals surface area contributed by atoms with Crippen LogP contribution in [0.15, 0.2) is 36.5 Å².